The van der Waals surface area contributed by atoms with Crippen molar-refractivity contribution < 1.29 is 19.7 Å². The zero-order valence-electron chi connectivity index (χ0n) is 12.1. The average molecular weight is 286 g/mol. The smallest absolute Gasteiger partial charge is 0.410 e. The molecule has 0 aromatic carbocycles. The van der Waals surface area contributed by atoms with E-state index in [0.29, 0.717) is 0 Å². The molecule has 20 heavy (non-hydrogen) atoms. The van der Waals surface area contributed by atoms with Gasteiger partial charge < -0.3 is 19.8 Å². The van der Waals surface area contributed by atoms with E-state index in [0.717, 1.165) is 0 Å². The van der Waals surface area contributed by atoms with Crippen molar-refractivity contribution in [3.8, 4) is 0 Å². The third-order valence-electron chi connectivity index (χ3n) is 3.07. The molecule has 0 aromatic rings. The van der Waals surface area contributed by atoms with Crippen molar-refractivity contribution in [2.24, 2.45) is 11.0 Å². The lowest BCUT2D eigenvalue weighted by atomic mass is 9.97. The highest BCUT2D eigenvalue weighted by molar-refractivity contribution is 5.68. The van der Waals surface area contributed by atoms with Gasteiger partial charge in [-0.25, -0.2) is 4.79 Å². The SMILES string of the molecule is CC(C)(C)OC(=O)N1CC(C(O)CCN=[N+]=[N-])[C@H](O)C1. The van der Waals surface area contributed by atoms with E-state index in [9.17, 15) is 15.0 Å². The lowest BCUT2D eigenvalue weighted by Gasteiger charge is -2.24. The maximum absolute atomic E-state index is 11.9. The van der Waals surface area contributed by atoms with Crippen LogP contribution in [0.3, 0.4) is 0 Å². The molecule has 0 bridgehead atoms. The minimum Gasteiger partial charge on any atom is -0.444 e. The van der Waals surface area contributed by atoms with Gasteiger partial charge in [-0.1, -0.05) is 5.11 Å². The van der Waals surface area contributed by atoms with Crippen LogP contribution in [-0.2, 0) is 4.74 Å². The topological polar surface area (TPSA) is 119 Å². The number of nitrogens with zero attached hydrogens (tertiary/aromatic N) is 4. The van der Waals surface area contributed by atoms with Crippen LogP contribution in [0.5, 0.6) is 0 Å². The average Bonchev–Trinajstić information content (AvgIpc) is 2.69. The van der Waals surface area contributed by atoms with Crippen LogP contribution in [0.4, 0.5) is 4.79 Å². The standard InChI is InChI=1S/C12H22N4O4/c1-12(2,3)20-11(19)16-6-8(10(18)7-16)9(17)4-5-14-15-13/h8-10,17-18H,4-7H2,1-3H3/t8?,9?,10-/m1/s1. The molecule has 2 N–H and O–H groups in total. The molecule has 1 heterocycles. The summed E-state index contributed by atoms with van der Waals surface area (Å²) in [7, 11) is 0. The van der Waals surface area contributed by atoms with Crippen molar-refractivity contribution in [1.82, 2.24) is 4.90 Å². The number of carbonyl (C=O) groups is 1. The molecule has 0 aliphatic carbocycles. The number of β-amino-alcohol motifs (C(OH)–C–C–N with tert-alkyl or cyclic N) is 1. The second kappa shape index (κ2) is 6.78. The van der Waals surface area contributed by atoms with Gasteiger partial charge in [-0.2, -0.15) is 0 Å². The Labute approximate surface area is 118 Å². The minimum absolute atomic E-state index is 0.137. The Hall–Kier alpha value is -1.50. The van der Waals surface area contributed by atoms with Gasteiger partial charge in [0.05, 0.1) is 18.8 Å². The number of hydrogen-bond acceptors (Lipinski definition) is 5. The summed E-state index contributed by atoms with van der Waals surface area (Å²) in [6, 6.07) is 0. The van der Waals surface area contributed by atoms with Crippen LogP contribution in [0.1, 0.15) is 27.2 Å². The van der Waals surface area contributed by atoms with Crippen LogP contribution in [0.2, 0.25) is 0 Å². The summed E-state index contributed by atoms with van der Waals surface area (Å²) in [5, 5.41) is 23.2. The van der Waals surface area contributed by atoms with E-state index in [-0.39, 0.29) is 26.1 Å². The first-order valence-electron chi connectivity index (χ1n) is 6.59. The minimum atomic E-state index is -0.817. The molecule has 1 aliphatic heterocycles. The highest BCUT2D eigenvalue weighted by Crippen LogP contribution is 2.24. The van der Waals surface area contributed by atoms with E-state index in [2.05, 4.69) is 10.0 Å². The second-order valence-corrected chi connectivity index (χ2v) is 5.93. The Morgan fingerprint density at radius 2 is 2.20 bits per heavy atom. The number of rotatable bonds is 4. The van der Waals surface area contributed by atoms with Crippen molar-refractivity contribution in [2.45, 2.75) is 45.0 Å². The summed E-state index contributed by atoms with van der Waals surface area (Å²) in [5.41, 5.74) is 7.58. The van der Waals surface area contributed by atoms with Crippen LogP contribution in [0, 0.1) is 5.92 Å². The van der Waals surface area contributed by atoms with Crippen LogP contribution in [0.25, 0.3) is 10.4 Å². The highest BCUT2D eigenvalue weighted by Gasteiger charge is 2.39. The molecule has 1 rings (SSSR count). The number of aliphatic hydroxyl groups excluding tert-OH is 2. The number of aliphatic hydroxyl groups is 2. The lowest BCUT2D eigenvalue weighted by molar-refractivity contribution is 0.0266. The van der Waals surface area contributed by atoms with E-state index >= 15 is 0 Å². The molecule has 1 aliphatic rings. The summed E-state index contributed by atoms with van der Waals surface area (Å²) >= 11 is 0. The molecule has 3 atom stereocenters. The predicted octanol–water partition coefficient (Wildman–Crippen LogP) is 1.28. The summed E-state index contributed by atoms with van der Waals surface area (Å²) in [6.07, 6.45) is -1.86. The molecule has 114 valence electrons. The molecule has 2 unspecified atom stereocenters. The van der Waals surface area contributed by atoms with Crippen molar-refractivity contribution >= 4 is 6.09 Å². The van der Waals surface area contributed by atoms with E-state index < -0.39 is 29.8 Å². The number of hydrogen-bond donors (Lipinski definition) is 2. The number of carbonyl (C=O) groups excluding carboxylic acids is 1. The van der Waals surface area contributed by atoms with Crippen LogP contribution >= 0.6 is 0 Å². The molecule has 1 saturated heterocycles. The Bertz CT molecular complexity index is 389. The van der Waals surface area contributed by atoms with Crippen LogP contribution in [-0.4, -0.2) is 58.6 Å². The van der Waals surface area contributed by atoms with Crippen LogP contribution < -0.4 is 0 Å². The Morgan fingerprint density at radius 1 is 1.55 bits per heavy atom. The summed E-state index contributed by atoms with van der Waals surface area (Å²) < 4.78 is 5.22. The van der Waals surface area contributed by atoms with Gasteiger partial charge in [0, 0.05) is 23.9 Å². The molecule has 8 heteroatoms. The fourth-order valence-corrected chi connectivity index (χ4v) is 2.11. The largest absolute Gasteiger partial charge is 0.444 e. The molecular weight excluding hydrogens is 264 g/mol. The Balaban J connectivity index is 2.53. The summed E-state index contributed by atoms with van der Waals surface area (Å²) in [5.74, 6) is -0.448. The number of ether oxygens (including phenoxy) is 1. The van der Waals surface area contributed by atoms with E-state index in [1.165, 1.54) is 4.90 Å². The first-order valence-corrected chi connectivity index (χ1v) is 6.59. The van der Waals surface area contributed by atoms with Crippen molar-refractivity contribution in [1.29, 1.82) is 0 Å². The quantitative estimate of drug-likeness (QED) is 0.459. The van der Waals surface area contributed by atoms with Crippen molar-refractivity contribution in [3.05, 3.63) is 10.4 Å². The van der Waals surface area contributed by atoms with Gasteiger partial charge in [-0.15, -0.1) is 0 Å². The third kappa shape index (κ3) is 4.88. The fraction of sp³-hybridized carbons (Fsp3) is 0.917. The fourth-order valence-electron chi connectivity index (χ4n) is 2.11. The number of azide groups is 1. The van der Waals surface area contributed by atoms with Gasteiger partial charge in [-0.3, -0.25) is 0 Å². The number of amides is 1. The highest BCUT2D eigenvalue weighted by atomic mass is 16.6. The van der Waals surface area contributed by atoms with Crippen molar-refractivity contribution in [2.75, 3.05) is 19.6 Å². The molecule has 0 saturated carbocycles. The predicted molar refractivity (Wildman–Crippen MR) is 71.9 cm³/mol. The molecule has 1 fully saturated rings. The lowest BCUT2D eigenvalue weighted by Crippen LogP contribution is -2.36. The monoisotopic (exact) mass is 286 g/mol. The Kier molecular flexibility index (Phi) is 5.62. The first kappa shape index (κ1) is 16.6. The molecule has 0 aromatic heterocycles. The van der Waals surface area contributed by atoms with Gasteiger partial charge in [-0.05, 0) is 32.7 Å². The van der Waals surface area contributed by atoms with Gasteiger partial charge in [0.1, 0.15) is 5.60 Å². The van der Waals surface area contributed by atoms with E-state index in [4.69, 9.17) is 10.3 Å². The molecule has 1 amide bonds. The normalized spacial score (nSPS) is 24.1. The third-order valence-corrected chi connectivity index (χ3v) is 3.07. The maximum atomic E-state index is 11.9. The van der Waals surface area contributed by atoms with E-state index in [1.54, 1.807) is 20.8 Å². The van der Waals surface area contributed by atoms with Gasteiger partial charge in [0.2, 0.25) is 0 Å². The molecular formula is C12H22N4O4. The van der Waals surface area contributed by atoms with Crippen molar-refractivity contribution in [3.63, 3.8) is 0 Å². The summed E-state index contributed by atoms with van der Waals surface area (Å²) in [6.45, 7) is 5.83. The van der Waals surface area contributed by atoms with Gasteiger partial charge >= 0.3 is 6.09 Å². The molecule has 8 nitrogen and oxygen atoms in total. The number of likely N-dealkylation sites (tertiary alicyclic amines) is 1. The molecule has 0 radical (unpaired) electrons. The second-order valence-electron chi connectivity index (χ2n) is 5.93. The van der Waals surface area contributed by atoms with Gasteiger partial charge in [0.15, 0.2) is 0 Å². The zero-order chi connectivity index (χ0) is 15.3. The van der Waals surface area contributed by atoms with Crippen LogP contribution in [0.15, 0.2) is 5.11 Å². The maximum Gasteiger partial charge on any atom is 0.410 e. The first-order chi connectivity index (χ1) is 9.24. The Morgan fingerprint density at radius 3 is 2.75 bits per heavy atom. The van der Waals surface area contributed by atoms with Gasteiger partial charge in [0.25, 0.3) is 0 Å². The zero-order valence-corrected chi connectivity index (χ0v) is 12.1. The molecule has 0 spiro atoms. The summed E-state index contributed by atoms with van der Waals surface area (Å²) in [4.78, 5) is 15.9. The van der Waals surface area contributed by atoms with E-state index in [1.807, 2.05) is 0 Å².